The van der Waals surface area contributed by atoms with Crippen molar-refractivity contribution in [1.82, 2.24) is 10.1 Å². The van der Waals surface area contributed by atoms with E-state index in [0.717, 1.165) is 31.4 Å². The Balaban J connectivity index is 1.60. The molecule has 106 valence electrons. The van der Waals surface area contributed by atoms with E-state index in [4.69, 9.17) is 15.0 Å². The second-order valence-corrected chi connectivity index (χ2v) is 5.26. The lowest BCUT2D eigenvalue weighted by Gasteiger charge is -2.33. The Labute approximate surface area is 118 Å². The van der Waals surface area contributed by atoms with Crippen molar-refractivity contribution in [2.24, 2.45) is 5.92 Å². The van der Waals surface area contributed by atoms with Gasteiger partial charge in [-0.2, -0.15) is 4.98 Å². The predicted octanol–water partition coefficient (Wildman–Crippen LogP) is 2.68. The quantitative estimate of drug-likeness (QED) is 0.848. The van der Waals surface area contributed by atoms with Crippen molar-refractivity contribution in [2.75, 3.05) is 12.3 Å². The third-order valence-corrected chi connectivity index (χ3v) is 3.67. The summed E-state index contributed by atoms with van der Waals surface area (Å²) in [7, 11) is 0. The maximum Gasteiger partial charge on any atom is 0.227 e. The average molecular weight is 273 g/mol. The van der Waals surface area contributed by atoms with Gasteiger partial charge in [0.2, 0.25) is 11.7 Å². The highest BCUT2D eigenvalue weighted by Crippen LogP contribution is 2.32. The van der Waals surface area contributed by atoms with Crippen LogP contribution in [0, 0.1) is 5.92 Å². The number of nitrogens with two attached hydrogens (primary N) is 1. The van der Waals surface area contributed by atoms with E-state index in [1.54, 1.807) is 0 Å². The highest BCUT2D eigenvalue weighted by Gasteiger charge is 2.31. The molecule has 20 heavy (non-hydrogen) atoms. The second kappa shape index (κ2) is 5.63. The van der Waals surface area contributed by atoms with Gasteiger partial charge in [0.05, 0.1) is 6.10 Å². The van der Waals surface area contributed by atoms with Crippen molar-refractivity contribution in [3.63, 3.8) is 0 Å². The highest BCUT2D eigenvalue weighted by atomic mass is 16.5. The lowest BCUT2D eigenvalue weighted by molar-refractivity contribution is -0.0258. The van der Waals surface area contributed by atoms with Crippen LogP contribution in [0.4, 0.5) is 5.69 Å². The van der Waals surface area contributed by atoms with Crippen molar-refractivity contribution < 1.29 is 9.26 Å². The molecular weight excluding hydrogens is 254 g/mol. The maximum atomic E-state index is 5.76. The van der Waals surface area contributed by atoms with Crippen LogP contribution in [0.1, 0.15) is 25.7 Å². The van der Waals surface area contributed by atoms with Gasteiger partial charge < -0.3 is 15.0 Å². The predicted molar refractivity (Wildman–Crippen MR) is 76.0 cm³/mol. The van der Waals surface area contributed by atoms with Gasteiger partial charge in [-0.15, -0.1) is 0 Å². The van der Waals surface area contributed by atoms with Crippen LogP contribution in [-0.4, -0.2) is 22.9 Å². The largest absolute Gasteiger partial charge is 0.399 e. The molecule has 0 spiro atoms. The van der Waals surface area contributed by atoms with Crippen molar-refractivity contribution in [3.8, 4) is 11.4 Å². The van der Waals surface area contributed by atoms with Crippen LogP contribution in [0.25, 0.3) is 11.4 Å². The number of ether oxygens (including phenoxy) is 1. The van der Waals surface area contributed by atoms with Gasteiger partial charge in [0.15, 0.2) is 0 Å². The van der Waals surface area contributed by atoms with Gasteiger partial charge in [-0.05, 0) is 37.8 Å². The van der Waals surface area contributed by atoms with Gasteiger partial charge in [0.25, 0.3) is 0 Å². The van der Waals surface area contributed by atoms with Crippen LogP contribution < -0.4 is 5.73 Å². The zero-order valence-electron chi connectivity index (χ0n) is 11.6. The smallest absolute Gasteiger partial charge is 0.227 e. The summed E-state index contributed by atoms with van der Waals surface area (Å²) in [5.74, 6) is 1.90. The van der Waals surface area contributed by atoms with E-state index in [0.29, 0.717) is 29.4 Å². The van der Waals surface area contributed by atoms with Gasteiger partial charge in [-0.3, -0.25) is 0 Å². The summed E-state index contributed by atoms with van der Waals surface area (Å²) < 4.78 is 10.9. The number of rotatable bonds is 5. The normalized spacial score (nSPS) is 21.6. The first kappa shape index (κ1) is 13.1. The van der Waals surface area contributed by atoms with Gasteiger partial charge in [-0.25, -0.2) is 0 Å². The molecule has 1 fully saturated rings. The van der Waals surface area contributed by atoms with Crippen molar-refractivity contribution in [3.05, 3.63) is 30.2 Å². The van der Waals surface area contributed by atoms with E-state index in [1.165, 1.54) is 0 Å². The van der Waals surface area contributed by atoms with Crippen molar-refractivity contribution in [1.29, 1.82) is 0 Å². The van der Waals surface area contributed by atoms with Crippen LogP contribution in [0.15, 0.2) is 28.8 Å². The molecule has 0 saturated heterocycles. The van der Waals surface area contributed by atoms with Gasteiger partial charge in [0.1, 0.15) is 0 Å². The van der Waals surface area contributed by atoms with E-state index in [2.05, 4.69) is 10.1 Å². The van der Waals surface area contributed by atoms with E-state index in [1.807, 2.05) is 31.2 Å². The molecule has 1 aromatic heterocycles. The Morgan fingerprint density at radius 1 is 1.40 bits per heavy atom. The zero-order valence-corrected chi connectivity index (χ0v) is 11.6. The Morgan fingerprint density at radius 2 is 2.25 bits per heavy atom. The van der Waals surface area contributed by atoms with Crippen LogP contribution in [0.3, 0.4) is 0 Å². The molecule has 1 heterocycles. The summed E-state index contributed by atoms with van der Waals surface area (Å²) in [6.45, 7) is 2.82. The van der Waals surface area contributed by atoms with E-state index in [9.17, 15) is 0 Å². The molecule has 0 bridgehead atoms. The Kier molecular flexibility index (Phi) is 3.69. The fourth-order valence-electron chi connectivity index (χ4n) is 2.59. The Hall–Kier alpha value is -1.88. The topological polar surface area (TPSA) is 74.2 Å². The summed E-state index contributed by atoms with van der Waals surface area (Å²) in [6, 6.07) is 7.51. The molecule has 1 aromatic carbocycles. The number of hydrogen-bond acceptors (Lipinski definition) is 5. The first-order valence-electron chi connectivity index (χ1n) is 7.04. The molecule has 1 aliphatic rings. The second-order valence-electron chi connectivity index (χ2n) is 5.26. The first-order valence-corrected chi connectivity index (χ1v) is 7.04. The van der Waals surface area contributed by atoms with E-state index < -0.39 is 0 Å². The zero-order chi connectivity index (χ0) is 13.9. The lowest BCUT2D eigenvalue weighted by atomic mass is 9.80. The van der Waals surface area contributed by atoms with Gasteiger partial charge >= 0.3 is 0 Å². The number of nitrogens with zero attached hydrogens (tertiary/aromatic N) is 2. The van der Waals surface area contributed by atoms with Crippen molar-refractivity contribution >= 4 is 5.69 Å². The summed E-state index contributed by atoms with van der Waals surface area (Å²) in [5, 5.41) is 4.02. The van der Waals surface area contributed by atoms with Crippen molar-refractivity contribution in [2.45, 2.75) is 32.3 Å². The Morgan fingerprint density at radius 3 is 3.00 bits per heavy atom. The number of benzene rings is 1. The van der Waals surface area contributed by atoms with Gasteiger partial charge in [-0.1, -0.05) is 17.3 Å². The minimum atomic E-state index is 0.418. The van der Waals surface area contributed by atoms with Crippen LogP contribution in [0.5, 0.6) is 0 Å². The van der Waals surface area contributed by atoms with Crippen LogP contribution in [-0.2, 0) is 11.2 Å². The first-order chi connectivity index (χ1) is 9.74. The maximum absolute atomic E-state index is 5.76. The molecule has 1 aliphatic carbocycles. The molecule has 5 nitrogen and oxygen atoms in total. The molecule has 3 rings (SSSR count). The molecule has 0 radical (unpaired) electrons. The molecule has 0 aliphatic heterocycles. The minimum Gasteiger partial charge on any atom is -0.399 e. The van der Waals surface area contributed by atoms with Crippen LogP contribution in [0.2, 0.25) is 0 Å². The molecule has 2 aromatic rings. The number of hydrogen-bond donors (Lipinski definition) is 1. The average Bonchev–Trinajstić information content (AvgIpc) is 2.85. The SMILES string of the molecule is CCOC1CC(Cc2nc(-c3cccc(N)c3)no2)C1. The number of aromatic nitrogens is 2. The molecule has 0 amide bonds. The lowest BCUT2D eigenvalue weighted by Crippen LogP contribution is -2.32. The summed E-state index contributed by atoms with van der Waals surface area (Å²) in [4.78, 5) is 4.44. The number of anilines is 1. The fraction of sp³-hybridized carbons (Fsp3) is 0.467. The monoisotopic (exact) mass is 273 g/mol. The molecule has 5 heteroatoms. The Bertz CT molecular complexity index is 576. The van der Waals surface area contributed by atoms with Gasteiger partial charge in [0, 0.05) is 24.3 Å². The third-order valence-electron chi connectivity index (χ3n) is 3.67. The van der Waals surface area contributed by atoms with Crippen LogP contribution >= 0.6 is 0 Å². The molecular formula is C15H19N3O2. The molecule has 0 unspecified atom stereocenters. The number of nitrogen functional groups attached to an aromatic ring is 1. The van der Waals surface area contributed by atoms with E-state index in [-0.39, 0.29) is 0 Å². The minimum absolute atomic E-state index is 0.418. The highest BCUT2D eigenvalue weighted by molar-refractivity contribution is 5.60. The summed E-state index contributed by atoms with van der Waals surface area (Å²) in [6.07, 6.45) is 3.42. The standard InChI is InChI=1S/C15H19N3O2/c1-2-19-13-6-10(7-13)8-14-17-15(18-20-14)11-4-3-5-12(16)9-11/h3-5,9-10,13H,2,6-8,16H2,1H3. The molecule has 1 saturated carbocycles. The molecule has 2 N–H and O–H groups in total. The molecule has 0 atom stereocenters. The summed E-state index contributed by atoms with van der Waals surface area (Å²) >= 11 is 0. The summed E-state index contributed by atoms with van der Waals surface area (Å²) in [5.41, 5.74) is 7.35. The third kappa shape index (κ3) is 2.82. The fourth-order valence-corrected chi connectivity index (χ4v) is 2.59. The van der Waals surface area contributed by atoms with E-state index >= 15 is 0 Å².